The van der Waals surface area contributed by atoms with Crippen molar-refractivity contribution >= 4 is 13.6 Å². The first-order valence-corrected chi connectivity index (χ1v) is 4.07. The first-order chi connectivity index (χ1) is 6.19. The molecule has 0 atom stereocenters. The molecule has 1 rings (SSSR count). The summed E-state index contributed by atoms with van der Waals surface area (Å²) in [5, 5.41) is 0. The summed E-state index contributed by atoms with van der Waals surface area (Å²) < 4.78 is 5.05. The topological polar surface area (TPSA) is 26.3 Å². The fourth-order valence-electron chi connectivity index (χ4n) is 1.15. The maximum Gasteiger partial charge on any atom is 0.158 e. The van der Waals surface area contributed by atoms with Gasteiger partial charge in [-0.1, -0.05) is 11.6 Å². The number of benzene rings is 1. The molecule has 0 aliphatic heterocycles. The lowest BCUT2D eigenvalue weighted by Gasteiger charge is -2.07. The van der Waals surface area contributed by atoms with E-state index >= 15 is 0 Å². The van der Waals surface area contributed by atoms with Gasteiger partial charge in [0.1, 0.15) is 5.75 Å². The van der Waals surface area contributed by atoms with Crippen molar-refractivity contribution in [2.75, 3.05) is 7.11 Å². The zero-order valence-electron chi connectivity index (χ0n) is 7.83. The molecule has 2 radical (unpaired) electrons. The third kappa shape index (κ3) is 2.11. The van der Waals surface area contributed by atoms with Crippen LogP contribution in [0.1, 0.15) is 15.9 Å². The molecule has 0 aliphatic carbocycles. The average molecular weight is 174 g/mol. The zero-order valence-corrected chi connectivity index (χ0v) is 7.83. The molecule has 0 saturated carbocycles. The Morgan fingerprint density at radius 2 is 2.23 bits per heavy atom. The molecule has 66 valence electrons. The second kappa shape index (κ2) is 4.12. The number of rotatable bonds is 3. The molecule has 13 heavy (non-hydrogen) atoms. The van der Waals surface area contributed by atoms with Gasteiger partial charge in [0, 0.05) is 0 Å². The van der Waals surface area contributed by atoms with Gasteiger partial charge in [-0.2, -0.15) is 0 Å². The fourth-order valence-corrected chi connectivity index (χ4v) is 1.15. The van der Waals surface area contributed by atoms with Gasteiger partial charge in [0.2, 0.25) is 0 Å². The summed E-state index contributed by atoms with van der Waals surface area (Å²) in [6.07, 6.45) is 0.0137. The number of hydrogen-bond acceptors (Lipinski definition) is 2. The van der Waals surface area contributed by atoms with Crippen LogP contribution in [0.15, 0.2) is 18.2 Å². The molecule has 1 aromatic rings. The molecule has 0 aliphatic rings. The van der Waals surface area contributed by atoms with Crippen LogP contribution in [0, 0.1) is 6.92 Å². The van der Waals surface area contributed by atoms with Crippen LogP contribution >= 0.6 is 0 Å². The second-order valence-corrected chi connectivity index (χ2v) is 2.83. The molecule has 2 nitrogen and oxygen atoms in total. The first kappa shape index (κ1) is 9.84. The Hall–Kier alpha value is -1.25. The highest BCUT2D eigenvalue weighted by Gasteiger charge is 2.09. The maximum absolute atomic E-state index is 11.3. The van der Waals surface area contributed by atoms with Crippen molar-refractivity contribution in [3.8, 4) is 5.75 Å². The van der Waals surface area contributed by atoms with Crippen LogP contribution in [0.4, 0.5) is 0 Å². The maximum atomic E-state index is 11.3. The average Bonchev–Trinajstić information content (AvgIpc) is 2.16. The van der Waals surface area contributed by atoms with Gasteiger partial charge < -0.3 is 4.74 Å². The quantitative estimate of drug-likeness (QED) is 0.515. The molecule has 3 heteroatoms. The first-order valence-electron chi connectivity index (χ1n) is 4.07. The standard InChI is InChI=1S/C10H11BO2/c1-7-3-4-10(13-2)8(5-7)9(12)6-11/h3-5H,6H2,1-2H3. The largest absolute Gasteiger partial charge is 0.496 e. The number of methoxy groups -OCH3 is 1. The van der Waals surface area contributed by atoms with E-state index in [1.807, 2.05) is 13.0 Å². The van der Waals surface area contributed by atoms with Crippen LogP contribution in [-0.2, 0) is 0 Å². The number of Topliss-reactive ketones (excluding diaryl/α,β-unsaturated/α-hetero) is 1. The molecule has 0 N–H and O–H groups in total. The summed E-state index contributed by atoms with van der Waals surface area (Å²) in [5.41, 5.74) is 1.59. The number of aryl methyl sites for hydroxylation is 1. The molecule has 0 saturated heterocycles. The second-order valence-electron chi connectivity index (χ2n) is 2.83. The van der Waals surface area contributed by atoms with Crippen molar-refractivity contribution in [3.63, 3.8) is 0 Å². The number of carbonyl (C=O) groups excluding carboxylic acids is 1. The summed E-state index contributed by atoms with van der Waals surface area (Å²) in [5.74, 6) is 0.488. The molecule has 0 aromatic heterocycles. The minimum absolute atomic E-state index is 0.0137. The van der Waals surface area contributed by atoms with Gasteiger partial charge >= 0.3 is 0 Å². The van der Waals surface area contributed by atoms with E-state index in [1.54, 1.807) is 12.1 Å². The van der Waals surface area contributed by atoms with Gasteiger partial charge in [-0.05, 0) is 25.4 Å². The van der Waals surface area contributed by atoms with Crippen molar-refractivity contribution in [2.24, 2.45) is 0 Å². The minimum Gasteiger partial charge on any atom is -0.496 e. The molecule has 0 spiro atoms. The van der Waals surface area contributed by atoms with Crippen molar-refractivity contribution in [1.29, 1.82) is 0 Å². The molecule has 0 bridgehead atoms. The normalized spacial score (nSPS) is 9.69. The molecular formula is C10H11BO2. The molecule has 1 aromatic carbocycles. The van der Waals surface area contributed by atoms with Gasteiger partial charge in [-0.3, -0.25) is 4.79 Å². The van der Waals surface area contributed by atoms with Gasteiger partial charge in [0.15, 0.2) is 5.78 Å². The van der Waals surface area contributed by atoms with E-state index in [4.69, 9.17) is 12.6 Å². The summed E-state index contributed by atoms with van der Waals surface area (Å²) in [6, 6.07) is 5.46. The van der Waals surface area contributed by atoms with Crippen LogP contribution in [0.5, 0.6) is 5.75 Å². The number of ether oxygens (including phenoxy) is 1. The van der Waals surface area contributed by atoms with E-state index in [0.717, 1.165) is 5.56 Å². The lowest BCUT2D eigenvalue weighted by Crippen LogP contribution is -2.01. The Labute approximate surface area is 79.3 Å². The third-order valence-corrected chi connectivity index (χ3v) is 1.84. The van der Waals surface area contributed by atoms with E-state index < -0.39 is 0 Å². The lowest BCUT2D eigenvalue weighted by molar-refractivity contribution is 0.101. The van der Waals surface area contributed by atoms with E-state index in [0.29, 0.717) is 11.3 Å². The van der Waals surface area contributed by atoms with Crippen LogP contribution in [0.3, 0.4) is 0 Å². The van der Waals surface area contributed by atoms with Gasteiger partial charge in [-0.15, -0.1) is 0 Å². The fraction of sp³-hybridized carbons (Fsp3) is 0.300. The van der Waals surface area contributed by atoms with E-state index in [1.165, 1.54) is 7.11 Å². The molecule has 0 amide bonds. The molecule has 0 unspecified atom stereocenters. The number of hydrogen-bond donors (Lipinski definition) is 0. The Morgan fingerprint density at radius 3 is 2.77 bits per heavy atom. The van der Waals surface area contributed by atoms with Crippen LogP contribution in [0.25, 0.3) is 0 Å². The van der Waals surface area contributed by atoms with Crippen molar-refractivity contribution in [1.82, 2.24) is 0 Å². The van der Waals surface area contributed by atoms with E-state index in [-0.39, 0.29) is 12.1 Å². The Kier molecular flexibility index (Phi) is 3.12. The van der Waals surface area contributed by atoms with Gasteiger partial charge in [-0.25, -0.2) is 0 Å². The Morgan fingerprint density at radius 1 is 1.54 bits per heavy atom. The van der Waals surface area contributed by atoms with Crippen molar-refractivity contribution < 1.29 is 9.53 Å². The van der Waals surface area contributed by atoms with E-state index in [2.05, 4.69) is 0 Å². The highest BCUT2D eigenvalue weighted by atomic mass is 16.5. The van der Waals surface area contributed by atoms with Gasteiger partial charge in [0.05, 0.1) is 20.5 Å². The molecular weight excluding hydrogens is 163 g/mol. The molecule has 0 heterocycles. The van der Waals surface area contributed by atoms with Crippen molar-refractivity contribution in [2.45, 2.75) is 13.2 Å². The predicted molar refractivity (Wildman–Crippen MR) is 52.6 cm³/mol. The van der Waals surface area contributed by atoms with Crippen LogP contribution in [0.2, 0.25) is 6.32 Å². The SMILES string of the molecule is [B]CC(=O)c1cc(C)ccc1OC. The third-order valence-electron chi connectivity index (χ3n) is 1.84. The monoisotopic (exact) mass is 174 g/mol. The van der Waals surface area contributed by atoms with Crippen molar-refractivity contribution in [3.05, 3.63) is 29.3 Å². The number of carbonyl (C=O) groups is 1. The zero-order chi connectivity index (χ0) is 9.84. The lowest BCUT2D eigenvalue weighted by atomic mass is 9.94. The molecule has 0 fully saturated rings. The van der Waals surface area contributed by atoms with Crippen LogP contribution < -0.4 is 4.74 Å². The summed E-state index contributed by atoms with van der Waals surface area (Å²) in [6.45, 7) is 1.92. The highest BCUT2D eigenvalue weighted by molar-refractivity contribution is 6.24. The van der Waals surface area contributed by atoms with Crippen LogP contribution in [-0.4, -0.2) is 20.7 Å². The summed E-state index contributed by atoms with van der Waals surface area (Å²) in [4.78, 5) is 11.3. The Balaban J connectivity index is 3.15. The highest BCUT2D eigenvalue weighted by Crippen LogP contribution is 2.20. The summed E-state index contributed by atoms with van der Waals surface area (Å²) in [7, 11) is 6.81. The smallest absolute Gasteiger partial charge is 0.158 e. The van der Waals surface area contributed by atoms with E-state index in [9.17, 15) is 4.79 Å². The number of ketones is 1. The van der Waals surface area contributed by atoms with Gasteiger partial charge in [0.25, 0.3) is 0 Å². The predicted octanol–water partition coefficient (Wildman–Crippen LogP) is 1.77. The Bertz CT molecular complexity index is 321. The minimum atomic E-state index is -0.0967. The summed E-state index contributed by atoms with van der Waals surface area (Å²) >= 11 is 0.